The minimum atomic E-state index is -0.443. The van der Waals surface area contributed by atoms with Gasteiger partial charge in [-0.25, -0.2) is 9.78 Å². The topological polar surface area (TPSA) is 82.3 Å². The van der Waals surface area contributed by atoms with Crippen LogP contribution in [-0.2, 0) is 11.2 Å². The van der Waals surface area contributed by atoms with Crippen LogP contribution in [0.3, 0.4) is 0 Å². The quantitative estimate of drug-likeness (QED) is 0.399. The van der Waals surface area contributed by atoms with Crippen LogP contribution in [0.2, 0.25) is 0 Å². The van der Waals surface area contributed by atoms with Gasteiger partial charge in [0.1, 0.15) is 0 Å². The molecular weight excluding hydrogens is 328 g/mol. The normalized spacial score (nSPS) is 10.7. The smallest absolute Gasteiger partial charge is 0.338 e. The number of hydrogen-bond acceptors (Lipinski definition) is 6. The molecule has 0 amide bonds. The molecule has 3 rings (SSSR count). The zero-order valence-electron chi connectivity index (χ0n) is 12.9. The van der Waals surface area contributed by atoms with E-state index in [1.165, 1.54) is 17.4 Å². The van der Waals surface area contributed by atoms with Crippen LogP contribution >= 0.6 is 11.3 Å². The van der Waals surface area contributed by atoms with Gasteiger partial charge in [-0.05, 0) is 25.1 Å². The lowest BCUT2D eigenvalue weighted by Gasteiger charge is -2.05. The summed E-state index contributed by atoms with van der Waals surface area (Å²) in [5, 5.41) is 11.9. The number of ether oxygens (including phenoxy) is 1. The summed E-state index contributed by atoms with van der Waals surface area (Å²) in [6.45, 7) is 2.00. The van der Waals surface area contributed by atoms with Gasteiger partial charge >= 0.3 is 5.97 Å². The highest BCUT2D eigenvalue weighted by Crippen LogP contribution is 2.23. The second-order valence-corrected chi connectivity index (χ2v) is 6.42. The summed E-state index contributed by atoms with van der Waals surface area (Å²) >= 11 is 1.52. The Hall–Kier alpha value is -2.80. The maximum absolute atomic E-state index is 12.1. The van der Waals surface area contributed by atoms with Crippen LogP contribution in [0.1, 0.15) is 20.9 Å². The van der Waals surface area contributed by atoms with Crippen LogP contribution in [0.25, 0.3) is 10.2 Å². The molecule has 24 heavy (non-hydrogen) atoms. The van der Waals surface area contributed by atoms with Crippen LogP contribution in [0.5, 0.6) is 0 Å². The zero-order valence-corrected chi connectivity index (χ0v) is 13.7. The van der Waals surface area contributed by atoms with E-state index < -0.39 is 10.9 Å². The SMILES string of the molecule is Cc1nc2ccc(C(=O)OCCc3ccccc3[N+](=O)[O-])cc2s1. The molecule has 6 nitrogen and oxygen atoms in total. The van der Waals surface area contributed by atoms with Gasteiger partial charge in [0.15, 0.2) is 0 Å². The maximum Gasteiger partial charge on any atom is 0.338 e. The monoisotopic (exact) mass is 342 g/mol. The van der Waals surface area contributed by atoms with Crippen molar-refractivity contribution in [2.45, 2.75) is 13.3 Å². The Morgan fingerprint density at radius 2 is 2.08 bits per heavy atom. The summed E-state index contributed by atoms with van der Waals surface area (Å²) in [7, 11) is 0. The van der Waals surface area contributed by atoms with E-state index >= 15 is 0 Å². The van der Waals surface area contributed by atoms with Crippen LogP contribution in [0.15, 0.2) is 42.5 Å². The molecule has 0 aliphatic rings. The number of rotatable bonds is 5. The first-order chi connectivity index (χ1) is 11.5. The van der Waals surface area contributed by atoms with Gasteiger partial charge in [0.2, 0.25) is 0 Å². The van der Waals surface area contributed by atoms with E-state index in [-0.39, 0.29) is 12.3 Å². The molecule has 0 saturated heterocycles. The molecule has 122 valence electrons. The number of fused-ring (bicyclic) bond motifs is 1. The van der Waals surface area contributed by atoms with E-state index in [4.69, 9.17) is 4.74 Å². The molecule has 0 N–H and O–H groups in total. The molecule has 0 spiro atoms. The minimum absolute atomic E-state index is 0.0371. The Morgan fingerprint density at radius 1 is 1.29 bits per heavy atom. The first-order valence-electron chi connectivity index (χ1n) is 7.31. The largest absolute Gasteiger partial charge is 0.462 e. The van der Waals surface area contributed by atoms with Crippen LogP contribution in [-0.4, -0.2) is 22.5 Å². The Kier molecular flexibility index (Phi) is 4.52. The number of esters is 1. The number of hydrogen-bond donors (Lipinski definition) is 0. The predicted octanol–water partition coefficient (Wildman–Crippen LogP) is 3.91. The fourth-order valence-corrected chi connectivity index (χ4v) is 3.27. The third-order valence-corrected chi connectivity index (χ3v) is 4.46. The number of benzene rings is 2. The summed E-state index contributed by atoms with van der Waals surface area (Å²) < 4.78 is 6.18. The van der Waals surface area contributed by atoms with Gasteiger partial charge in [-0.1, -0.05) is 18.2 Å². The Balaban J connectivity index is 1.66. The number of thiazole rings is 1. The summed E-state index contributed by atoms with van der Waals surface area (Å²) in [4.78, 5) is 27.0. The lowest BCUT2D eigenvalue weighted by Crippen LogP contribution is -2.09. The van der Waals surface area contributed by atoms with Crippen molar-refractivity contribution in [1.82, 2.24) is 4.98 Å². The predicted molar refractivity (Wildman–Crippen MR) is 91.4 cm³/mol. The number of nitrogens with zero attached hydrogens (tertiary/aromatic N) is 2. The van der Waals surface area contributed by atoms with Crippen LogP contribution in [0.4, 0.5) is 5.69 Å². The molecule has 0 atom stereocenters. The summed E-state index contributed by atoms with van der Waals surface area (Å²) in [5.41, 5.74) is 1.89. The first-order valence-corrected chi connectivity index (χ1v) is 8.13. The molecular formula is C17H14N2O4S. The van der Waals surface area contributed by atoms with Gasteiger partial charge < -0.3 is 4.74 Å². The Bertz CT molecular complexity index is 920. The van der Waals surface area contributed by atoms with Crippen molar-refractivity contribution >= 4 is 33.2 Å². The lowest BCUT2D eigenvalue weighted by atomic mass is 10.1. The molecule has 0 saturated carbocycles. The van der Waals surface area contributed by atoms with Gasteiger partial charge in [-0.15, -0.1) is 11.3 Å². The number of nitro benzene ring substituents is 1. The minimum Gasteiger partial charge on any atom is -0.462 e. The molecule has 0 bridgehead atoms. The molecule has 0 radical (unpaired) electrons. The Morgan fingerprint density at radius 3 is 2.88 bits per heavy atom. The molecule has 0 unspecified atom stereocenters. The van der Waals surface area contributed by atoms with E-state index in [1.807, 2.05) is 6.92 Å². The average Bonchev–Trinajstić information content (AvgIpc) is 2.94. The van der Waals surface area contributed by atoms with E-state index in [0.717, 1.165) is 15.2 Å². The van der Waals surface area contributed by atoms with Crippen molar-refractivity contribution in [2.24, 2.45) is 0 Å². The molecule has 0 aliphatic heterocycles. The number of para-hydroxylation sites is 1. The second kappa shape index (κ2) is 6.76. The van der Waals surface area contributed by atoms with Crippen molar-refractivity contribution in [3.8, 4) is 0 Å². The third-order valence-electron chi connectivity index (χ3n) is 3.52. The molecule has 7 heteroatoms. The number of carbonyl (C=O) groups is 1. The molecule has 3 aromatic rings. The van der Waals surface area contributed by atoms with Crippen molar-refractivity contribution in [3.05, 3.63) is 68.7 Å². The number of carbonyl (C=O) groups excluding carboxylic acids is 1. The number of nitro groups is 1. The summed E-state index contributed by atoms with van der Waals surface area (Å²) in [6, 6.07) is 11.7. The van der Waals surface area contributed by atoms with Gasteiger partial charge in [0.05, 0.1) is 32.3 Å². The van der Waals surface area contributed by atoms with Crippen LogP contribution in [0, 0.1) is 17.0 Å². The molecule has 1 aromatic heterocycles. The lowest BCUT2D eigenvalue weighted by molar-refractivity contribution is -0.385. The number of aromatic nitrogens is 1. The first kappa shape index (κ1) is 16.1. The molecule has 0 aliphatic carbocycles. The highest BCUT2D eigenvalue weighted by Gasteiger charge is 2.14. The highest BCUT2D eigenvalue weighted by molar-refractivity contribution is 7.18. The van der Waals surface area contributed by atoms with Crippen molar-refractivity contribution < 1.29 is 14.5 Å². The summed E-state index contributed by atoms with van der Waals surface area (Å²) in [6.07, 6.45) is 0.296. The molecule has 0 fully saturated rings. The van der Waals surface area contributed by atoms with Gasteiger partial charge in [0.25, 0.3) is 5.69 Å². The highest BCUT2D eigenvalue weighted by atomic mass is 32.1. The van der Waals surface area contributed by atoms with E-state index in [0.29, 0.717) is 17.5 Å². The molecule has 1 heterocycles. The fraction of sp³-hybridized carbons (Fsp3) is 0.176. The zero-order chi connectivity index (χ0) is 17.1. The van der Waals surface area contributed by atoms with E-state index in [1.54, 1.807) is 36.4 Å². The van der Waals surface area contributed by atoms with Gasteiger partial charge in [-0.2, -0.15) is 0 Å². The summed E-state index contributed by atoms with van der Waals surface area (Å²) in [5.74, 6) is -0.443. The van der Waals surface area contributed by atoms with E-state index in [2.05, 4.69) is 4.98 Å². The van der Waals surface area contributed by atoms with Crippen molar-refractivity contribution in [3.63, 3.8) is 0 Å². The standard InChI is InChI=1S/C17H14N2O4S/c1-11-18-14-7-6-13(10-16(14)24-11)17(20)23-9-8-12-4-2-3-5-15(12)19(21)22/h2-7,10H,8-9H2,1H3. The Labute approximate surface area is 141 Å². The third kappa shape index (κ3) is 3.41. The van der Waals surface area contributed by atoms with Crippen LogP contribution < -0.4 is 0 Å². The van der Waals surface area contributed by atoms with Crippen molar-refractivity contribution in [1.29, 1.82) is 0 Å². The van der Waals surface area contributed by atoms with E-state index in [9.17, 15) is 14.9 Å². The fourth-order valence-electron chi connectivity index (χ4n) is 2.40. The average molecular weight is 342 g/mol. The maximum atomic E-state index is 12.1. The second-order valence-electron chi connectivity index (χ2n) is 5.19. The number of aryl methyl sites for hydroxylation is 1. The van der Waals surface area contributed by atoms with Gasteiger partial charge in [-0.3, -0.25) is 10.1 Å². The molecule has 2 aromatic carbocycles. The van der Waals surface area contributed by atoms with Crippen molar-refractivity contribution in [2.75, 3.05) is 6.61 Å². The van der Waals surface area contributed by atoms with Gasteiger partial charge in [0, 0.05) is 18.1 Å².